The average molecular weight is 343 g/mol. The number of rotatable bonds is 5. The highest BCUT2D eigenvalue weighted by atomic mass is 79.9. The van der Waals surface area contributed by atoms with Crippen LogP contribution in [0.2, 0.25) is 0 Å². The van der Waals surface area contributed by atoms with E-state index < -0.39 is 0 Å². The number of benzene rings is 1. The smallest absolute Gasteiger partial charge is 0.134 e. The molecule has 0 aliphatic heterocycles. The molecule has 0 fully saturated rings. The van der Waals surface area contributed by atoms with Crippen LogP contribution in [0.15, 0.2) is 28.9 Å². The third-order valence-electron chi connectivity index (χ3n) is 2.57. The van der Waals surface area contributed by atoms with Gasteiger partial charge in [-0.2, -0.15) is 0 Å². The van der Waals surface area contributed by atoms with E-state index in [2.05, 4.69) is 40.1 Å². The second-order valence-electron chi connectivity index (χ2n) is 4.78. The molecule has 102 valence electrons. The van der Waals surface area contributed by atoms with Gasteiger partial charge in [-0.05, 0) is 30.7 Å². The number of nitrogens with one attached hydrogen (secondary N) is 1. The molecule has 1 aromatic carbocycles. The molecule has 2 aromatic rings. The van der Waals surface area contributed by atoms with Gasteiger partial charge in [-0.3, -0.25) is 0 Å². The predicted octanol–water partition coefficient (Wildman–Crippen LogP) is 4.46. The van der Waals surface area contributed by atoms with Crippen LogP contribution in [0.25, 0.3) is 10.6 Å². The van der Waals surface area contributed by atoms with Gasteiger partial charge in [0.25, 0.3) is 0 Å². The van der Waals surface area contributed by atoms with Crippen molar-refractivity contribution >= 4 is 27.3 Å². The zero-order chi connectivity index (χ0) is 13.8. The monoisotopic (exact) mass is 342 g/mol. The molecule has 0 aliphatic rings. The van der Waals surface area contributed by atoms with Gasteiger partial charge in [0.15, 0.2) is 0 Å². The molecule has 0 saturated heterocycles. The molecule has 1 heterocycles. The van der Waals surface area contributed by atoms with Crippen molar-refractivity contribution < 1.29 is 4.39 Å². The van der Waals surface area contributed by atoms with Gasteiger partial charge >= 0.3 is 0 Å². The molecule has 5 heteroatoms. The van der Waals surface area contributed by atoms with Crippen molar-refractivity contribution in [2.75, 3.05) is 6.54 Å². The topological polar surface area (TPSA) is 24.9 Å². The Hall–Kier alpha value is -0.780. The first-order valence-corrected chi connectivity index (χ1v) is 7.78. The summed E-state index contributed by atoms with van der Waals surface area (Å²) in [5, 5.41) is 4.09. The fourth-order valence-corrected chi connectivity index (χ4v) is 2.90. The van der Waals surface area contributed by atoms with Crippen molar-refractivity contribution in [1.82, 2.24) is 10.3 Å². The molecule has 0 aliphatic carbocycles. The third-order valence-corrected chi connectivity index (χ3v) is 4.09. The number of aromatic nitrogens is 1. The Morgan fingerprint density at radius 1 is 1.42 bits per heavy atom. The number of nitrogens with zero attached hydrogens (tertiary/aromatic N) is 1. The third kappa shape index (κ3) is 4.09. The second-order valence-corrected chi connectivity index (χ2v) is 6.81. The Labute approximate surface area is 125 Å². The van der Waals surface area contributed by atoms with Crippen molar-refractivity contribution in [3.63, 3.8) is 0 Å². The largest absolute Gasteiger partial charge is 0.312 e. The fraction of sp³-hybridized carbons (Fsp3) is 0.357. The minimum absolute atomic E-state index is 0.245. The molecule has 0 radical (unpaired) electrons. The van der Waals surface area contributed by atoms with Gasteiger partial charge in [-0.25, -0.2) is 9.37 Å². The standard InChI is InChI=1S/C14H16BrFN2S/c1-9(2)6-17-7-11-8-18-14(19-11)12-4-3-10(15)5-13(12)16/h3-5,8-9,17H,6-7H2,1-2H3. The number of hydrogen-bond donors (Lipinski definition) is 1. The van der Waals surface area contributed by atoms with Crippen LogP contribution in [-0.2, 0) is 6.54 Å². The fourth-order valence-electron chi connectivity index (χ4n) is 1.66. The van der Waals surface area contributed by atoms with Crippen LogP contribution < -0.4 is 5.32 Å². The van der Waals surface area contributed by atoms with Gasteiger partial charge < -0.3 is 5.32 Å². The highest BCUT2D eigenvalue weighted by Crippen LogP contribution is 2.29. The van der Waals surface area contributed by atoms with Crippen molar-refractivity contribution in [2.24, 2.45) is 5.92 Å². The summed E-state index contributed by atoms with van der Waals surface area (Å²) in [5.74, 6) is 0.377. The lowest BCUT2D eigenvalue weighted by Crippen LogP contribution is -2.18. The number of hydrogen-bond acceptors (Lipinski definition) is 3. The van der Waals surface area contributed by atoms with E-state index >= 15 is 0 Å². The van der Waals surface area contributed by atoms with Crippen molar-refractivity contribution in [2.45, 2.75) is 20.4 Å². The summed E-state index contributed by atoms with van der Waals surface area (Å²) in [6.45, 7) is 6.10. The first-order valence-electron chi connectivity index (χ1n) is 6.17. The zero-order valence-corrected chi connectivity index (χ0v) is 13.3. The highest BCUT2D eigenvalue weighted by molar-refractivity contribution is 9.10. The molecule has 1 N–H and O–H groups in total. The lowest BCUT2D eigenvalue weighted by atomic mass is 10.2. The van der Waals surface area contributed by atoms with Crippen LogP contribution in [0, 0.1) is 11.7 Å². The molecule has 0 atom stereocenters. The first kappa shape index (κ1) is 14.6. The molecule has 1 aromatic heterocycles. The van der Waals surface area contributed by atoms with Crippen LogP contribution in [-0.4, -0.2) is 11.5 Å². The van der Waals surface area contributed by atoms with Gasteiger partial charge in [-0.15, -0.1) is 11.3 Å². The van der Waals surface area contributed by atoms with E-state index in [1.165, 1.54) is 17.4 Å². The van der Waals surface area contributed by atoms with E-state index in [9.17, 15) is 4.39 Å². The maximum Gasteiger partial charge on any atom is 0.134 e. The van der Waals surface area contributed by atoms with Crippen LogP contribution in [0.1, 0.15) is 18.7 Å². The molecule has 0 bridgehead atoms. The Kier molecular flexibility index (Phi) is 5.07. The maximum absolute atomic E-state index is 13.8. The molecule has 0 amide bonds. The first-order chi connectivity index (χ1) is 9.06. The Balaban J connectivity index is 2.08. The van der Waals surface area contributed by atoms with Gasteiger partial charge in [0.1, 0.15) is 10.8 Å². The van der Waals surface area contributed by atoms with E-state index in [1.807, 2.05) is 12.3 Å². The van der Waals surface area contributed by atoms with Crippen LogP contribution in [0.4, 0.5) is 4.39 Å². The quantitative estimate of drug-likeness (QED) is 0.867. The van der Waals surface area contributed by atoms with Crippen molar-refractivity contribution in [3.05, 3.63) is 39.6 Å². The normalized spacial score (nSPS) is 11.2. The number of thiazole rings is 1. The molecule has 0 spiro atoms. The maximum atomic E-state index is 13.8. The molecule has 0 saturated carbocycles. The Morgan fingerprint density at radius 2 is 2.21 bits per heavy atom. The zero-order valence-electron chi connectivity index (χ0n) is 10.9. The van der Waals surface area contributed by atoms with Gasteiger partial charge in [0.05, 0.1) is 0 Å². The minimum atomic E-state index is -0.245. The van der Waals surface area contributed by atoms with E-state index in [0.29, 0.717) is 11.5 Å². The lowest BCUT2D eigenvalue weighted by molar-refractivity contribution is 0.554. The Morgan fingerprint density at radius 3 is 2.89 bits per heavy atom. The molecular formula is C14H16BrFN2S. The number of halogens is 2. The van der Waals surface area contributed by atoms with E-state index in [-0.39, 0.29) is 5.82 Å². The highest BCUT2D eigenvalue weighted by Gasteiger charge is 2.10. The Bertz CT molecular complexity index is 554. The molecule has 2 rings (SSSR count). The molecule has 2 nitrogen and oxygen atoms in total. The van der Waals surface area contributed by atoms with E-state index in [0.717, 1.165) is 27.4 Å². The predicted molar refractivity (Wildman–Crippen MR) is 81.8 cm³/mol. The summed E-state index contributed by atoms with van der Waals surface area (Å²) in [5.41, 5.74) is 0.559. The summed E-state index contributed by atoms with van der Waals surface area (Å²) in [6.07, 6.45) is 1.81. The summed E-state index contributed by atoms with van der Waals surface area (Å²) >= 11 is 4.78. The van der Waals surface area contributed by atoms with Gasteiger partial charge in [-0.1, -0.05) is 29.8 Å². The SMILES string of the molecule is CC(C)CNCc1cnc(-c2ccc(Br)cc2F)s1. The van der Waals surface area contributed by atoms with Crippen molar-refractivity contribution in [3.8, 4) is 10.6 Å². The lowest BCUT2D eigenvalue weighted by Gasteiger charge is -2.04. The molecule has 0 unspecified atom stereocenters. The van der Waals surface area contributed by atoms with Crippen LogP contribution >= 0.6 is 27.3 Å². The average Bonchev–Trinajstić information content (AvgIpc) is 2.77. The molecule has 19 heavy (non-hydrogen) atoms. The van der Waals surface area contributed by atoms with Crippen LogP contribution in [0.3, 0.4) is 0 Å². The van der Waals surface area contributed by atoms with E-state index in [4.69, 9.17) is 0 Å². The van der Waals surface area contributed by atoms with Crippen LogP contribution in [0.5, 0.6) is 0 Å². The van der Waals surface area contributed by atoms with Crippen molar-refractivity contribution in [1.29, 1.82) is 0 Å². The summed E-state index contributed by atoms with van der Waals surface area (Å²) in [7, 11) is 0. The minimum Gasteiger partial charge on any atom is -0.312 e. The summed E-state index contributed by atoms with van der Waals surface area (Å²) in [6, 6.07) is 5.05. The van der Waals surface area contributed by atoms with Gasteiger partial charge in [0.2, 0.25) is 0 Å². The summed E-state index contributed by atoms with van der Waals surface area (Å²) in [4.78, 5) is 5.42. The second kappa shape index (κ2) is 6.59. The molecular weight excluding hydrogens is 327 g/mol. The summed E-state index contributed by atoms with van der Waals surface area (Å²) < 4.78 is 14.6. The van der Waals surface area contributed by atoms with Gasteiger partial charge in [0, 0.05) is 27.7 Å². The van der Waals surface area contributed by atoms with E-state index in [1.54, 1.807) is 6.07 Å².